The van der Waals surface area contributed by atoms with Gasteiger partial charge in [-0.05, 0) is 25.0 Å². The van der Waals surface area contributed by atoms with E-state index in [2.05, 4.69) is 10.3 Å². The van der Waals surface area contributed by atoms with E-state index >= 15 is 0 Å². The highest BCUT2D eigenvalue weighted by atomic mass is 16.5. The van der Waals surface area contributed by atoms with Gasteiger partial charge in [0.1, 0.15) is 5.69 Å². The lowest BCUT2D eigenvalue weighted by molar-refractivity contribution is 0.0802. The molecule has 128 valence electrons. The molecule has 0 atom stereocenters. The van der Waals surface area contributed by atoms with Crippen molar-refractivity contribution >= 4 is 11.8 Å². The number of hydroxylamine groups is 2. The molecule has 0 saturated carbocycles. The van der Waals surface area contributed by atoms with Crippen molar-refractivity contribution in [3.05, 3.63) is 34.8 Å². The molecule has 0 spiro atoms. The molecule has 2 amide bonds. The third-order valence-corrected chi connectivity index (χ3v) is 2.99. The summed E-state index contributed by atoms with van der Waals surface area (Å²) in [7, 11) is 3.12. The van der Waals surface area contributed by atoms with E-state index in [1.165, 1.54) is 25.4 Å². The number of amides is 2. The molecular formula is C15H22N3O5-. The zero-order valence-electron chi connectivity index (χ0n) is 13.4. The SMILES string of the molecule is COCCCNC(=O)c1ccc(C(=O)N([O-])CCCOC)nc1. The molecule has 1 aromatic heterocycles. The molecule has 8 nitrogen and oxygen atoms in total. The zero-order chi connectivity index (χ0) is 17.1. The summed E-state index contributed by atoms with van der Waals surface area (Å²) < 4.78 is 9.71. The topological polar surface area (TPSA) is 104 Å². The standard InChI is InChI=1S/C15H22N3O5/c1-22-9-3-7-16-14(19)12-5-6-13(17-11-12)15(20)18(21)8-4-10-23-2/h5-6,11H,3-4,7-10H2,1-2H3,(H,16,19)/q-1. The first-order chi connectivity index (χ1) is 11.1. The molecule has 1 N–H and O–H groups in total. The lowest BCUT2D eigenvalue weighted by Gasteiger charge is -2.27. The Bertz CT molecular complexity index is 492. The van der Waals surface area contributed by atoms with Gasteiger partial charge in [-0.15, -0.1) is 0 Å². The van der Waals surface area contributed by atoms with Crippen LogP contribution in [-0.4, -0.2) is 62.4 Å². The van der Waals surface area contributed by atoms with Crippen LogP contribution in [0.25, 0.3) is 0 Å². The molecule has 0 aromatic carbocycles. The summed E-state index contributed by atoms with van der Waals surface area (Å²) in [5.41, 5.74) is 0.337. The lowest BCUT2D eigenvalue weighted by atomic mass is 10.2. The predicted octanol–water partition coefficient (Wildman–Crippen LogP) is 0.824. The molecule has 0 fully saturated rings. The highest BCUT2D eigenvalue weighted by Gasteiger charge is 2.11. The van der Waals surface area contributed by atoms with Crippen molar-refractivity contribution in [3.63, 3.8) is 0 Å². The van der Waals surface area contributed by atoms with Crippen molar-refractivity contribution in [2.75, 3.05) is 40.5 Å². The molecule has 1 heterocycles. The fourth-order valence-electron chi connectivity index (χ4n) is 1.76. The molecule has 0 aliphatic carbocycles. The highest BCUT2D eigenvalue weighted by molar-refractivity contribution is 5.96. The maximum atomic E-state index is 11.9. The molecule has 0 bridgehead atoms. The van der Waals surface area contributed by atoms with Crippen molar-refractivity contribution in [3.8, 4) is 0 Å². The van der Waals surface area contributed by atoms with Gasteiger partial charge in [0.15, 0.2) is 0 Å². The minimum Gasteiger partial charge on any atom is -0.756 e. The number of nitrogens with one attached hydrogen (secondary N) is 1. The maximum Gasteiger partial charge on any atom is 0.261 e. The summed E-state index contributed by atoms with van der Waals surface area (Å²) in [5.74, 6) is -1.01. The van der Waals surface area contributed by atoms with Crippen molar-refractivity contribution in [1.29, 1.82) is 0 Å². The van der Waals surface area contributed by atoms with Crippen LogP contribution in [0.2, 0.25) is 0 Å². The number of rotatable bonds is 10. The van der Waals surface area contributed by atoms with Gasteiger partial charge in [-0.2, -0.15) is 0 Å². The summed E-state index contributed by atoms with van der Waals surface area (Å²) in [5, 5.41) is 14.7. The van der Waals surface area contributed by atoms with Crippen molar-refractivity contribution in [1.82, 2.24) is 15.4 Å². The van der Waals surface area contributed by atoms with Crippen LogP contribution in [0.3, 0.4) is 0 Å². The van der Waals surface area contributed by atoms with Crippen LogP contribution >= 0.6 is 0 Å². The van der Waals surface area contributed by atoms with E-state index in [9.17, 15) is 14.8 Å². The van der Waals surface area contributed by atoms with Crippen LogP contribution in [0.5, 0.6) is 0 Å². The molecule has 1 aromatic rings. The van der Waals surface area contributed by atoms with E-state index in [1.54, 1.807) is 7.11 Å². The van der Waals surface area contributed by atoms with Crippen LogP contribution in [0.15, 0.2) is 18.3 Å². The Morgan fingerprint density at radius 2 is 1.91 bits per heavy atom. The van der Waals surface area contributed by atoms with Gasteiger partial charge in [0.25, 0.3) is 11.8 Å². The Balaban J connectivity index is 2.51. The van der Waals surface area contributed by atoms with Gasteiger partial charge in [0.2, 0.25) is 0 Å². The number of ether oxygens (including phenoxy) is 2. The van der Waals surface area contributed by atoms with Crippen LogP contribution in [0.1, 0.15) is 33.7 Å². The molecule has 0 unspecified atom stereocenters. The molecule has 1 rings (SSSR count). The first-order valence-electron chi connectivity index (χ1n) is 7.31. The fourth-order valence-corrected chi connectivity index (χ4v) is 1.76. The lowest BCUT2D eigenvalue weighted by Crippen LogP contribution is -2.28. The molecule has 0 aliphatic rings. The van der Waals surface area contributed by atoms with Crippen molar-refractivity contribution in [2.24, 2.45) is 0 Å². The van der Waals surface area contributed by atoms with Crippen LogP contribution in [-0.2, 0) is 9.47 Å². The van der Waals surface area contributed by atoms with E-state index in [4.69, 9.17) is 9.47 Å². The largest absolute Gasteiger partial charge is 0.756 e. The molecule has 0 radical (unpaired) electrons. The van der Waals surface area contributed by atoms with Gasteiger partial charge < -0.3 is 25.1 Å². The molecule has 23 heavy (non-hydrogen) atoms. The molecule has 0 aliphatic heterocycles. The van der Waals surface area contributed by atoms with Crippen molar-refractivity contribution in [2.45, 2.75) is 12.8 Å². The second-order valence-corrected chi connectivity index (χ2v) is 4.79. The number of nitrogens with zero attached hydrogens (tertiary/aromatic N) is 2. The third-order valence-electron chi connectivity index (χ3n) is 2.99. The Kier molecular flexibility index (Phi) is 8.81. The number of hydrogen-bond acceptors (Lipinski definition) is 6. The molecular weight excluding hydrogens is 302 g/mol. The average Bonchev–Trinajstić information content (AvgIpc) is 2.58. The summed E-state index contributed by atoms with van der Waals surface area (Å²) in [4.78, 5) is 27.6. The number of carbonyl (C=O) groups excluding carboxylic acids is 2. The summed E-state index contributed by atoms with van der Waals surface area (Å²) in [6.07, 6.45) is 2.44. The smallest absolute Gasteiger partial charge is 0.261 e. The van der Waals surface area contributed by atoms with Crippen molar-refractivity contribution < 1.29 is 19.1 Å². The van der Waals surface area contributed by atoms with Gasteiger partial charge in [-0.25, -0.2) is 0 Å². The van der Waals surface area contributed by atoms with Gasteiger partial charge in [-0.1, -0.05) is 0 Å². The van der Waals surface area contributed by atoms with Gasteiger partial charge in [0, 0.05) is 46.7 Å². The Hall–Kier alpha value is -2.03. The van der Waals surface area contributed by atoms with Gasteiger partial charge >= 0.3 is 0 Å². The van der Waals surface area contributed by atoms with E-state index < -0.39 is 5.91 Å². The van der Waals surface area contributed by atoms with Gasteiger partial charge in [-0.3, -0.25) is 14.6 Å². The normalized spacial score (nSPS) is 10.4. The van der Waals surface area contributed by atoms with E-state index in [1.807, 2.05) is 0 Å². The minimum absolute atomic E-state index is 0.00773. The Morgan fingerprint density at radius 3 is 2.52 bits per heavy atom. The Morgan fingerprint density at radius 1 is 1.22 bits per heavy atom. The maximum absolute atomic E-state index is 11.9. The van der Waals surface area contributed by atoms with Gasteiger partial charge in [0.05, 0.1) is 5.56 Å². The predicted molar refractivity (Wildman–Crippen MR) is 84.0 cm³/mol. The summed E-state index contributed by atoms with van der Waals surface area (Å²) in [6, 6.07) is 2.84. The Labute approximate surface area is 135 Å². The van der Waals surface area contributed by atoms with E-state index in [0.717, 1.165) is 0 Å². The third kappa shape index (κ3) is 6.72. The second-order valence-electron chi connectivity index (χ2n) is 4.79. The monoisotopic (exact) mass is 324 g/mol. The number of methoxy groups -OCH3 is 2. The number of hydrogen-bond donors (Lipinski definition) is 1. The average molecular weight is 324 g/mol. The van der Waals surface area contributed by atoms with Crippen LogP contribution < -0.4 is 5.32 Å². The summed E-state index contributed by atoms with van der Waals surface area (Å²) >= 11 is 0. The minimum atomic E-state index is -0.729. The number of carbonyl (C=O) groups is 2. The first kappa shape index (κ1) is 19.0. The molecule has 8 heteroatoms. The first-order valence-corrected chi connectivity index (χ1v) is 7.31. The molecule has 0 saturated heterocycles. The second kappa shape index (κ2) is 10.7. The number of aromatic nitrogens is 1. The van der Waals surface area contributed by atoms with E-state index in [0.29, 0.717) is 43.2 Å². The van der Waals surface area contributed by atoms with Crippen LogP contribution in [0, 0.1) is 5.21 Å². The van der Waals surface area contributed by atoms with Crippen LogP contribution in [0.4, 0.5) is 0 Å². The number of pyridine rings is 1. The zero-order valence-corrected chi connectivity index (χ0v) is 13.4. The quantitative estimate of drug-likeness (QED) is 0.505. The fraction of sp³-hybridized carbons (Fsp3) is 0.533. The van der Waals surface area contributed by atoms with E-state index in [-0.39, 0.29) is 18.1 Å². The highest BCUT2D eigenvalue weighted by Crippen LogP contribution is 2.04. The summed E-state index contributed by atoms with van der Waals surface area (Å²) in [6.45, 7) is 1.49.